The highest BCUT2D eigenvalue weighted by Gasteiger charge is 2.29. The number of rotatable bonds is 5. The van der Waals surface area contributed by atoms with E-state index in [0.29, 0.717) is 17.3 Å². The average molecular weight is 411 g/mol. The lowest BCUT2D eigenvalue weighted by Gasteiger charge is -2.30. The van der Waals surface area contributed by atoms with Crippen LogP contribution in [0.1, 0.15) is 35.0 Å². The van der Waals surface area contributed by atoms with Crippen LogP contribution in [-0.4, -0.2) is 48.0 Å². The van der Waals surface area contributed by atoms with Crippen molar-refractivity contribution >= 4 is 28.4 Å². The Kier molecular flexibility index (Phi) is 5.87. The number of carbonyl (C=O) groups is 1. The standard InChI is InChI=1S/C22H26N4O2S/c1-22(7-12-29-21(23)25-22)17-4-2-3-16(13-17)14-20(27)19-6-5-18(15-24-19)26-8-10-28-11-9-26/h2-6,13,15H,7-12,14H2,1H3,(H2,23,25). The number of hydrogen-bond donors (Lipinski definition) is 1. The van der Waals surface area contributed by atoms with Crippen LogP contribution in [0, 0.1) is 0 Å². The van der Waals surface area contributed by atoms with Crippen molar-refractivity contribution in [3.05, 3.63) is 59.4 Å². The highest BCUT2D eigenvalue weighted by Crippen LogP contribution is 2.35. The minimum atomic E-state index is -0.327. The maximum Gasteiger partial charge on any atom is 0.185 e. The summed E-state index contributed by atoms with van der Waals surface area (Å²) >= 11 is 1.59. The summed E-state index contributed by atoms with van der Waals surface area (Å²) in [6.07, 6.45) is 3.04. The van der Waals surface area contributed by atoms with Gasteiger partial charge < -0.3 is 15.4 Å². The zero-order valence-corrected chi connectivity index (χ0v) is 17.5. The van der Waals surface area contributed by atoms with Crippen LogP contribution in [0.25, 0.3) is 0 Å². The smallest absolute Gasteiger partial charge is 0.185 e. The fourth-order valence-electron chi connectivity index (χ4n) is 3.75. The summed E-state index contributed by atoms with van der Waals surface area (Å²) in [5, 5.41) is 0.629. The largest absolute Gasteiger partial charge is 0.379 e. The number of morpholine rings is 1. The van der Waals surface area contributed by atoms with E-state index in [4.69, 9.17) is 10.5 Å². The minimum Gasteiger partial charge on any atom is -0.379 e. The van der Waals surface area contributed by atoms with Crippen molar-refractivity contribution in [2.75, 3.05) is 37.0 Å². The van der Waals surface area contributed by atoms with Gasteiger partial charge in [0.1, 0.15) is 5.69 Å². The Morgan fingerprint density at radius 2 is 2.10 bits per heavy atom. The number of ketones is 1. The van der Waals surface area contributed by atoms with E-state index in [1.54, 1.807) is 18.0 Å². The molecule has 2 aromatic rings. The highest BCUT2D eigenvalue weighted by molar-refractivity contribution is 8.13. The first-order chi connectivity index (χ1) is 14.0. The highest BCUT2D eigenvalue weighted by atomic mass is 32.2. The van der Waals surface area contributed by atoms with Crippen LogP contribution in [0.3, 0.4) is 0 Å². The molecular formula is C22H26N4O2S. The predicted molar refractivity (Wildman–Crippen MR) is 118 cm³/mol. The van der Waals surface area contributed by atoms with Gasteiger partial charge in [0.05, 0.1) is 30.6 Å². The fraction of sp³-hybridized carbons (Fsp3) is 0.409. The third-order valence-corrected chi connectivity index (χ3v) is 6.31. The van der Waals surface area contributed by atoms with Gasteiger partial charge in [-0.2, -0.15) is 0 Å². The summed E-state index contributed by atoms with van der Waals surface area (Å²) in [7, 11) is 0. The van der Waals surface area contributed by atoms with Crippen molar-refractivity contribution < 1.29 is 9.53 Å². The van der Waals surface area contributed by atoms with Gasteiger partial charge in [0.2, 0.25) is 0 Å². The van der Waals surface area contributed by atoms with E-state index in [1.165, 1.54) is 0 Å². The number of aromatic nitrogens is 1. The maximum atomic E-state index is 12.8. The Balaban J connectivity index is 1.46. The number of ether oxygens (including phenoxy) is 1. The van der Waals surface area contributed by atoms with Crippen LogP contribution in [0.4, 0.5) is 5.69 Å². The Morgan fingerprint density at radius 3 is 2.83 bits per heavy atom. The van der Waals surface area contributed by atoms with Crippen LogP contribution >= 0.6 is 11.8 Å². The maximum absolute atomic E-state index is 12.8. The van der Waals surface area contributed by atoms with Crippen molar-refractivity contribution in [2.24, 2.45) is 10.7 Å². The van der Waals surface area contributed by atoms with E-state index in [1.807, 2.05) is 24.3 Å². The number of nitrogens with two attached hydrogens (primary N) is 1. The summed E-state index contributed by atoms with van der Waals surface area (Å²) in [6.45, 7) is 5.26. The summed E-state index contributed by atoms with van der Waals surface area (Å²) in [6, 6.07) is 11.9. The molecule has 3 heterocycles. The van der Waals surface area contributed by atoms with E-state index in [0.717, 1.165) is 55.3 Å². The molecular weight excluding hydrogens is 384 g/mol. The molecule has 0 aliphatic carbocycles. The monoisotopic (exact) mass is 410 g/mol. The molecule has 2 aliphatic heterocycles. The SMILES string of the molecule is CC1(c2cccc(CC(=O)c3ccc(N4CCOCC4)cn3)c2)CCSC(N)=N1. The van der Waals surface area contributed by atoms with Gasteiger partial charge in [0.15, 0.2) is 11.0 Å². The van der Waals surface area contributed by atoms with Crippen molar-refractivity contribution in [3.63, 3.8) is 0 Å². The lowest BCUT2D eigenvalue weighted by atomic mass is 9.88. The molecule has 1 aromatic carbocycles. The molecule has 0 radical (unpaired) electrons. The molecule has 1 saturated heterocycles. The Labute approximate surface area is 175 Å². The van der Waals surface area contributed by atoms with Crippen LogP contribution in [-0.2, 0) is 16.7 Å². The van der Waals surface area contributed by atoms with Gasteiger partial charge in [0, 0.05) is 25.3 Å². The Hall–Kier alpha value is -2.38. The molecule has 7 heteroatoms. The molecule has 1 atom stereocenters. The number of nitrogens with zero attached hydrogens (tertiary/aromatic N) is 3. The van der Waals surface area contributed by atoms with Gasteiger partial charge in [-0.25, -0.2) is 0 Å². The van der Waals surface area contributed by atoms with Crippen LogP contribution in [0.2, 0.25) is 0 Å². The molecule has 6 nitrogen and oxygen atoms in total. The van der Waals surface area contributed by atoms with Gasteiger partial charge in [-0.05, 0) is 36.6 Å². The third kappa shape index (κ3) is 4.62. The van der Waals surface area contributed by atoms with Gasteiger partial charge in [-0.1, -0.05) is 36.0 Å². The lowest BCUT2D eigenvalue weighted by molar-refractivity contribution is 0.0988. The van der Waals surface area contributed by atoms with Crippen LogP contribution in [0.15, 0.2) is 47.6 Å². The third-order valence-electron chi connectivity index (χ3n) is 5.52. The zero-order valence-electron chi connectivity index (χ0n) is 16.6. The number of aliphatic imine (C=N–C) groups is 1. The second-order valence-electron chi connectivity index (χ2n) is 7.62. The number of amidine groups is 1. The molecule has 0 saturated carbocycles. The second-order valence-corrected chi connectivity index (χ2v) is 8.74. The molecule has 1 fully saturated rings. The minimum absolute atomic E-state index is 0.0167. The predicted octanol–water partition coefficient (Wildman–Crippen LogP) is 3.01. The lowest BCUT2D eigenvalue weighted by Crippen LogP contribution is -2.36. The molecule has 0 amide bonds. The van der Waals surface area contributed by atoms with E-state index < -0.39 is 0 Å². The number of Topliss-reactive ketones (excluding diaryl/α,β-unsaturated/α-hetero) is 1. The van der Waals surface area contributed by atoms with Crippen molar-refractivity contribution in [2.45, 2.75) is 25.3 Å². The van der Waals surface area contributed by atoms with E-state index in [2.05, 4.69) is 33.9 Å². The topological polar surface area (TPSA) is 80.8 Å². The average Bonchev–Trinajstić information content (AvgIpc) is 2.74. The number of carbonyl (C=O) groups excluding carboxylic acids is 1. The summed E-state index contributed by atoms with van der Waals surface area (Å²) in [4.78, 5) is 24.1. The molecule has 1 unspecified atom stereocenters. The van der Waals surface area contributed by atoms with E-state index in [9.17, 15) is 4.79 Å². The number of benzene rings is 1. The molecule has 1 aromatic heterocycles. The van der Waals surface area contributed by atoms with Gasteiger partial charge >= 0.3 is 0 Å². The second kappa shape index (κ2) is 8.55. The van der Waals surface area contributed by atoms with E-state index in [-0.39, 0.29) is 11.3 Å². The van der Waals surface area contributed by atoms with Crippen molar-refractivity contribution in [3.8, 4) is 0 Å². The Bertz CT molecular complexity index is 909. The summed E-state index contributed by atoms with van der Waals surface area (Å²) < 4.78 is 5.38. The number of anilines is 1. The first-order valence-corrected chi connectivity index (χ1v) is 10.9. The number of thioether (sulfide) groups is 1. The zero-order chi connectivity index (χ0) is 20.3. The summed E-state index contributed by atoms with van der Waals surface area (Å²) in [5.74, 6) is 0.969. The van der Waals surface area contributed by atoms with E-state index >= 15 is 0 Å². The summed E-state index contributed by atoms with van der Waals surface area (Å²) in [5.41, 5.74) is 9.22. The fourth-order valence-corrected chi connectivity index (χ4v) is 4.72. The normalized spacial score (nSPS) is 22.2. The van der Waals surface area contributed by atoms with Crippen LogP contribution in [0.5, 0.6) is 0 Å². The molecule has 0 spiro atoms. The quantitative estimate of drug-likeness (QED) is 0.763. The van der Waals surface area contributed by atoms with Gasteiger partial charge in [0.25, 0.3) is 0 Å². The molecule has 2 aliphatic rings. The first kappa shape index (κ1) is 19.9. The van der Waals surface area contributed by atoms with Crippen LogP contribution < -0.4 is 10.6 Å². The van der Waals surface area contributed by atoms with Crippen molar-refractivity contribution in [1.82, 2.24) is 4.98 Å². The Morgan fingerprint density at radius 1 is 1.28 bits per heavy atom. The number of pyridine rings is 1. The van der Waals surface area contributed by atoms with Gasteiger partial charge in [-0.15, -0.1) is 0 Å². The van der Waals surface area contributed by atoms with Gasteiger partial charge in [-0.3, -0.25) is 14.8 Å². The molecule has 29 heavy (non-hydrogen) atoms. The molecule has 2 N–H and O–H groups in total. The first-order valence-electron chi connectivity index (χ1n) is 9.93. The molecule has 152 valence electrons. The molecule has 4 rings (SSSR count). The number of hydrogen-bond acceptors (Lipinski definition) is 7. The van der Waals surface area contributed by atoms with Crippen molar-refractivity contribution in [1.29, 1.82) is 0 Å². The molecule has 0 bridgehead atoms.